The van der Waals surface area contributed by atoms with Gasteiger partial charge in [0.15, 0.2) is 0 Å². The number of aromatic hydroxyl groups is 1. The van der Waals surface area contributed by atoms with Crippen LogP contribution < -0.4 is 4.90 Å². The summed E-state index contributed by atoms with van der Waals surface area (Å²) in [5.41, 5.74) is 2.81. The number of hydrogen-bond acceptors (Lipinski definition) is 3. The lowest BCUT2D eigenvalue weighted by molar-refractivity contribution is -0.119. The van der Waals surface area contributed by atoms with E-state index in [1.807, 2.05) is 25.1 Å². The molecule has 0 radical (unpaired) electrons. The van der Waals surface area contributed by atoms with Gasteiger partial charge in [0, 0.05) is 22.7 Å². The van der Waals surface area contributed by atoms with Crippen molar-refractivity contribution in [3.8, 4) is 5.75 Å². The van der Waals surface area contributed by atoms with Gasteiger partial charge in [-0.25, -0.2) is 0 Å². The molecule has 5 heteroatoms. The Labute approximate surface area is 140 Å². The van der Waals surface area contributed by atoms with E-state index in [9.17, 15) is 9.90 Å². The highest BCUT2D eigenvalue weighted by atomic mass is 35.5. The number of carbonyl (C=O) groups is 1. The highest BCUT2D eigenvalue weighted by Gasteiger charge is 2.29. The van der Waals surface area contributed by atoms with E-state index in [1.54, 1.807) is 36.1 Å². The molecule has 1 amide bonds. The van der Waals surface area contributed by atoms with E-state index in [0.717, 1.165) is 11.3 Å². The van der Waals surface area contributed by atoms with E-state index in [0.29, 0.717) is 22.8 Å². The smallest absolute Gasteiger partial charge is 0.251 e. The third-order valence-electron chi connectivity index (χ3n) is 3.92. The Hall–Kier alpha value is -2.33. The minimum atomic E-state index is -0.518. The van der Waals surface area contributed by atoms with Crippen LogP contribution in [-0.2, 0) is 4.79 Å². The molecule has 0 aliphatic carbocycles. The largest absolute Gasteiger partial charge is 0.508 e. The SMILES string of the molecule is CCN1C(=O)[C@H](C)N=C(c2ccccc2Cl)c2cc(O)ccc21. The minimum absolute atomic E-state index is 0.0681. The number of phenolic OH excluding ortho intramolecular Hbond substituents is 1. The topological polar surface area (TPSA) is 52.9 Å². The summed E-state index contributed by atoms with van der Waals surface area (Å²) < 4.78 is 0. The van der Waals surface area contributed by atoms with Crippen molar-refractivity contribution in [3.63, 3.8) is 0 Å². The van der Waals surface area contributed by atoms with Crippen molar-refractivity contribution in [1.29, 1.82) is 0 Å². The summed E-state index contributed by atoms with van der Waals surface area (Å²) in [6.07, 6.45) is 0. The van der Waals surface area contributed by atoms with Gasteiger partial charge in [0.2, 0.25) is 0 Å². The monoisotopic (exact) mass is 328 g/mol. The van der Waals surface area contributed by atoms with Gasteiger partial charge in [0.05, 0.1) is 11.4 Å². The first-order chi connectivity index (χ1) is 11.0. The number of halogens is 1. The predicted octanol–water partition coefficient (Wildman–Crippen LogP) is 3.64. The van der Waals surface area contributed by atoms with Gasteiger partial charge in [0.25, 0.3) is 5.91 Å². The van der Waals surface area contributed by atoms with Gasteiger partial charge in [-0.15, -0.1) is 0 Å². The number of anilines is 1. The number of likely N-dealkylation sites (N-methyl/N-ethyl adjacent to an activating group) is 1. The Balaban J connectivity index is 2.30. The standard InChI is InChI=1S/C18H17ClN2O2/c1-3-21-16-9-8-12(22)10-14(16)17(20-11(2)18(21)23)13-6-4-5-7-15(13)19/h4-11,22H,3H2,1-2H3/t11-/m0/s1. The predicted molar refractivity (Wildman–Crippen MR) is 92.7 cm³/mol. The molecule has 1 aliphatic rings. The van der Waals surface area contributed by atoms with Gasteiger partial charge < -0.3 is 10.0 Å². The summed E-state index contributed by atoms with van der Waals surface area (Å²) in [4.78, 5) is 18.9. The normalized spacial score (nSPS) is 17.5. The van der Waals surface area contributed by atoms with E-state index < -0.39 is 6.04 Å². The fourth-order valence-corrected chi connectivity index (χ4v) is 3.03. The molecular weight excluding hydrogens is 312 g/mol. The molecule has 0 fully saturated rings. The summed E-state index contributed by atoms with van der Waals surface area (Å²) in [5.74, 6) is 0.0584. The molecule has 0 aromatic heterocycles. The van der Waals surface area contributed by atoms with Gasteiger partial charge >= 0.3 is 0 Å². The van der Waals surface area contributed by atoms with Crippen LogP contribution in [0.4, 0.5) is 5.69 Å². The molecule has 0 saturated heterocycles. The minimum Gasteiger partial charge on any atom is -0.508 e. The maximum absolute atomic E-state index is 12.6. The molecular formula is C18H17ClN2O2. The van der Waals surface area contributed by atoms with E-state index in [2.05, 4.69) is 4.99 Å². The Morgan fingerprint density at radius 3 is 2.65 bits per heavy atom. The van der Waals surface area contributed by atoms with Crippen LogP contribution in [-0.4, -0.2) is 29.3 Å². The lowest BCUT2D eigenvalue weighted by Gasteiger charge is -2.22. The number of rotatable bonds is 2. The summed E-state index contributed by atoms with van der Waals surface area (Å²) >= 11 is 6.33. The molecule has 1 aliphatic heterocycles. The first kappa shape index (κ1) is 15.6. The molecule has 1 heterocycles. The van der Waals surface area contributed by atoms with Crippen molar-refractivity contribution in [1.82, 2.24) is 0 Å². The fourth-order valence-electron chi connectivity index (χ4n) is 2.81. The van der Waals surface area contributed by atoms with Crippen molar-refractivity contribution in [2.75, 3.05) is 11.4 Å². The second-order valence-corrected chi connectivity index (χ2v) is 5.82. The number of amides is 1. The molecule has 4 nitrogen and oxygen atoms in total. The van der Waals surface area contributed by atoms with Crippen LogP contribution >= 0.6 is 11.6 Å². The maximum Gasteiger partial charge on any atom is 0.251 e. The van der Waals surface area contributed by atoms with E-state index in [4.69, 9.17) is 11.6 Å². The van der Waals surface area contributed by atoms with Crippen LogP contribution in [0.3, 0.4) is 0 Å². The number of aliphatic imine (C=N–C) groups is 1. The van der Waals surface area contributed by atoms with Crippen molar-refractivity contribution in [3.05, 3.63) is 58.6 Å². The van der Waals surface area contributed by atoms with Crippen LogP contribution in [0, 0.1) is 0 Å². The van der Waals surface area contributed by atoms with Gasteiger partial charge in [-0.1, -0.05) is 29.8 Å². The lowest BCUT2D eigenvalue weighted by Crippen LogP contribution is -2.36. The van der Waals surface area contributed by atoms with E-state index in [1.165, 1.54) is 0 Å². The van der Waals surface area contributed by atoms with Crippen molar-refractivity contribution < 1.29 is 9.90 Å². The lowest BCUT2D eigenvalue weighted by atomic mass is 9.99. The van der Waals surface area contributed by atoms with Gasteiger partial charge in [-0.3, -0.25) is 9.79 Å². The second kappa shape index (κ2) is 6.05. The molecule has 2 aromatic rings. The zero-order valence-electron chi connectivity index (χ0n) is 13.0. The van der Waals surface area contributed by atoms with E-state index in [-0.39, 0.29) is 11.7 Å². The number of carbonyl (C=O) groups excluding carboxylic acids is 1. The molecule has 0 spiro atoms. The van der Waals surface area contributed by atoms with Crippen molar-refractivity contribution in [2.45, 2.75) is 19.9 Å². The molecule has 23 heavy (non-hydrogen) atoms. The van der Waals surface area contributed by atoms with Crippen LogP contribution in [0.15, 0.2) is 47.5 Å². The third kappa shape index (κ3) is 2.70. The summed E-state index contributed by atoms with van der Waals surface area (Å²) in [5, 5.41) is 10.5. The number of phenols is 1. The van der Waals surface area contributed by atoms with Gasteiger partial charge in [-0.05, 0) is 38.1 Å². The zero-order valence-corrected chi connectivity index (χ0v) is 13.7. The number of nitrogens with zero attached hydrogens (tertiary/aromatic N) is 2. The Bertz CT molecular complexity index is 801. The zero-order chi connectivity index (χ0) is 16.6. The first-order valence-corrected chi connectivity index (χ1v) is 7.88. The summed E-state index contributed by atoms with van der Waals surface area (Å²) in [6.45, 7) is 4.22. The molecule has 1 N–H and O–H groups in total. The van der Waals surface area contributed by atoms with Crippen molar-refractivity contribution in [2.24, 2.45) is 4.99 Å². The average molecular weight is 329 g/mol. The Morgan fingerprint density at radius 1 is 1.22 bits per heavy atom. The third-order valence-corrected chi connectivity index (χ3v) is 4.25. The summed E-state index contributed by atoms with van der Waals surface area (Å²) in [7, 11) is 0. The summed E-state index contributed by atoms with van der Waals surface area (Å²) in [6, 6.07) is 11.8. The Morgan fingerprint density at radius 2 is 1.96 bits per heavy atom. The Kier molecular flexibility index (Phi) is 4.09. The van der Waals surface area contributed by atoms with Crippen molar-refractivity contribution >= 4 is 28.9 Å². The van der Waals surface area contributed by atoms with Gasteiger partial charge in [-0.2, -0.15) is 0 Å². The second-order valence-electron chi connectivity index (χ2n) is 5.42. The number of fused-ring (bicyclic) bond motifs is 1. The molecule has 0 bridgehead atoms. The first-order valence-electron chi connectivity index (χ1n) is 7.50. The highest BCUT2D eigenvalue weighted by Crippen LogP contribution is 2.32. The molecule has 1 atom stereocenters. The maximum atomic E-state index is 12.6. The van der Waals surface area contributed by atoms with Crippen LogP contribution in [0.2, 0.25) is 5.02 Å². The fraction of sp³-hybridized carbons (Fsp3) is 0.222. The molecule has 118 valence electrons. The highest BCUT2D eigenvalue weighted by molar-refractivity contribution is 6.36. The van der Waals surface area contributed by atoms with Crippen LogP contribution in [0.1, 0.15) is 25.0 Å². The van der Waals surface area contributed by atoms with Gasteiger partial charge in [0.1, 0.15) is 11.8 Å². The quantitative estimate of drug-likeness (QED) is 0.915. The molecule has 2 aromatic carbocycles. The number of hydrogen-bond donors (Lipinski definition) is 1. The van der Waals surface area contributed by atoms with Crippen LogP contribution in [0.25, 0.3) is 0 Å². The molecule has 0 saturated carbocycles. The number of benzene rings is 2. The van der Waals surface area contributed by atoms with Crippen LogP contribution in [0.5, 0.6) is 5.75 Å². The van der Waals surface area contributed by atoms with E-state index >= 15 is 0 Å². The average Bonchev–Trinajstić information content (AvgIpc) is 2.64. The molecule has 0 unspecified atom stereocenters. The molecule has 3 rings (SSSR count). The number of benzodiazepines with no additional fused rings is 1.